The Kier molecular flexibility index (Phi) is 8.48. The molecule has 1 aliphatic heterocycles. The average Bonchev–Trinajstić information content (AvgIpc) is 3.54. The zero-order chi connectivity index (χ0) is 28.6. The lowest BCUT2D eigenvalue weighted by Crippen LogP contribution is -2.35. The van der Waals surface area contributed by atoms with E-state index in [4.69, 9.17) is 14.6 Å². The minimum atomic E-state index is -0.968. The quantitative estimate of drug-likeness (QED) is 0.223. The van der Waals surface area contributed by atoms with Crippen LogP contribution in [0, 0.1) is 0 Å². The predicted octanol–water partition coefficient (Wildman–Crippen LogP) is 5.07. The summed E-state index contributed by atoms with van der Waals surface area (Å²) in [5.41, 5.74) is 5.25. The SMILES string of the molecule is CCN1Cc2c(c(OC(C)C)nn2CC(=O)O)/C=C/c2nn(PI)c3ccc(cc23)-c2cnn(C)c2OC(C)C1. The molecule has 4 aromatic rings. The molecular formula is C27H33IN7O4P. The molecule has 2 unspecified atom stereocenters. The number of aryl methyl sites for hydroxylation is 1. The van der Waals surface area contributed by atoms with E-state index in [2.05, 4.69) is 62.3 Å². The van der Waals surface area contributed by atoms with Crippen LogP contribution in [0.5, 0.6) is 11.8 Å². The summed E-state index contributed by atoms with van der Waals surface area (Å²) in [6.45, 7) is 9.53. The smallest absolute Gasteiger partial charge is 0.325 e. The minimum Gasteiger partial charge on any atom is -0.480 e. The Bertz CT molecular complexity index is 1570. The number of hydrogen-bond acceptors (Lipinski definition) is 7. The second-order valence-corrected chi connectivity index (χ2v) is 12.1. The van der Waals surface area contributed by atoms with Crippen molar-refractivity contribution in [1.29, 1.82) is 0 Å². The number of rotatable bonds is 6. The van der Waals surface area contributed by atoms with Crippen LogP contribution in [-0.2, 0) is 24.9 Å². The van der Waals surface area contributed by atoms with Gasteiger partial charge in [0, 0.05) is 25.5 Å². The molecule has 5 rings (SSSR count). The number of nitrogens with zero attached hydrogens (tertiary/aromatic N) is 7. The Labute approximate surface area is 247 Å². The maximum Gasteiger partial charge on any atom is 0.325 e. The number of benzene rings is 1. The third kappa shape index (κ3) is 5.75. The van der Waals surface area contributed by atoms with E-state index >= 15 is 0 Å². The molecular weight excluding hydrogens is 644 g/mol. The van der Waals surface area contributed by atoms with Crippen LogP contribution in [0.25, 0.3) is 34.2 Å². The van der Waals surface area contributed by atoms with Gasteiger partial charge in [0.05, 0.1) is 46.7 Å². The summed E-state index contributed by atoms with van der Waals surface area (Å²) in [7, 11) is 1.88. The van der Waals surface area contributed by atoms with Crippen molar-refractivity contribution >= 4 is 57.4 Å². The fourth-order valence-electron chi connectivity index (χ4n) is 4.92. The van der Waals surface area contributed by atoms with E-state index in [1.54, 1.807) is 4.68 Å². The molecule has 212 valence electrons. The first kappa shape index (κ1) is 28.6. The molecule has 0 fully saturated rings. The molecule has 0 amide bonds. The monoisotopic (exact) mass is 677 g/mol. The minimum absolute atomic E-state index is 0.132. The summed E-state index contributed by atoms with van der Waals surface area (Å²) < 4.78 is 17.9. The number of ether oxygens (including phenoxy) is 2. The van der Waals surface area contributed by atoms with Crippen molar-refractivity contribution < 1.29 is 19.4 Å². The predicted molar refractivity (Wildman–Crippen MR) is 165 cm³/mol. The summed E-state index contributed by atoms with van der Waals surface area (Å²) >= 11 is 2.33. The van der Waals surface area contributed by atoms with Crippen LogP contribution in [0.1, 0.15) is 44.6 Å². The van der Waals surface area contributed by atoms with Crippen molar-refractivity contribution in [2.24, 2.45) is 7.05 Å². The Morgan fingerprint density at radius 2 is 2.10 bits per heavy atom. The number of carboxylic acids is 1. The molecule has 0 saturated carbocycles. The van der Waals surface area contributed by atoms with Gasteiger partial charge in [0.2, 0.25) is 11.8 Å². The van der Waals surface area contributed by atoms with Crippen LogP contribution in [0.4, 0.5) is 0 Å². The molecule has 4 heterocycles. The van der Waals surface area contributed by atoms with E-state index < -0.39 is 5.97 Å². The molecule has 11 nitrogen and oxygen atoms in total. The summed E-state index contributed by atoms with van der Waals surface area (Å²) in [5.74, 6) is 0.137. The van der Waals surface area contributed by atoms with E-state index in [1.807, 2.05) is 50.6 Å². The van der Waals surface area contributed by atoms with Crippen LogP contribution in [0.3, 0.4) is 0 Å². The second-order valence-electron chi connectivity index (χ2n) is 10.1. The first-order valence-electron chi connectivity index (χ1n) is 13.2. The van der Waals surface area contributed by atoms with Crippen molar-refractivity contribution in [3.8, 4) is 22.9 Å². The van der Waals surface area contributed by atoms with Crippen molar-refractivity contribution in [2.75, 3.05) is 13.1 Å². The Hall–Kier alpha value is -2.96. The molecule has 1 aliphatic rings. The van der Waals surface area contributed by atoms with Crippen molar-refractivity contribution in [3.05, 3.63) is 41.3 Å². The largest absolute Gasteiger partial charge is 0.480 e. The molecule has 3 aromatic heterocycles. The normalized spacial score (nSPS) is 17.1. The van der Waals surface area contributed by atoms with Crippen LogP contribution in [-0.4, -0.2) is 70.4 Å². The molecule has 0 saturated heterocycles. The highest BCUT2D eigenvalue weighted by Crippen LogP contribution is 2.37. The fraction of sp³-hybridized carbons (Fsp3) is 0.407. The Morgan fingerprint density at radius 1 is 1.30 bits per heavy atom. The topological polar surface area (TPSA) is 112 Å². The van der Waals surface area contributed by atoms with Gasteiger partial charge in [0.25, 0.3) is 0 Å². The zero-order valence-electron chi connectivity index (χ0n) is 23.1. The summed E-state index contributed by atoms with van der Waals surface area (Å²) in [4.78, 5) is 14.0. The molecule has 1 aromatic carbocycles. The summed E-state index contributed by atoms with van der Waals surface area (Å²) in [6, 6.07) is 6.29. The maximum atomic E-state index is 11.8. The van der Waals surface area contributed by atoms with Crippen molar-refractivity contribution in [1.82, 2.24) is 34.0 Å². The third-order valence-corrected chi connectivity index (χ3v) is 8.61. The number of fused-ring (bicyclic) bond motifs is 4. The van der Waals surface area contributed by atoms with E-state index in [0.29, 0.717) is 31.2 Å². The van der Waals surface area contributed by atoms with Crippen LogP contribution in [0.15, 0.2) is 24.4 Å². The van der Waals surface area contributed by atoms with Gasteiger partial charge in [-0.3, -0.25) is 14.4 Å². The number of halogens is 1. The number of carboxylic acid groups (broad SMARTS) is 1. The van der Waals surface area contributed by atoms with Gasteiger partial charge in [-0.2, -0.15) is 10.2 Å². The highest BCUT2D eigenvalue weighted by atomic mass is 127. The highest BCUT2D eigenvalue weighted by Gasteiger charge is 2.24. The number of carbonyl (C=O) groups is 1. The zero-order valence-corrected chi connectivity index (χ0v) is 26.3. The summed E-state index contributed by atoms with van der Waals surface area (Å²) in [5, 5.41) is 24.7. The number of aliphatic carboxylic acids is 1. The highest BCUT2D eigenvalue weighted by molar-refractivity contribution is 14.2. The lowest BCUT2D eigenvalue weighted by molar-refractivity contribution is -0.138. The first-order chi connectivity index (χ1) is 19.2. The van der Waals surface area contributed by atoms with Gasteiger partial charge in [-0.25, -0.2) is 9.13 Å². The average molecular weight is 677 g/mol. The number of hydrogen-bond donors (Lipinski definition) is 1. The van der Waals surface area contributed by atoms with Gasteiger partial charge >= 0.3 is 5.97 Å². The molecule has 0 spiro atoms. The van der Waals surface area contributed by atoms with E-state index in [9.17, 15) is 9.90 Å². The molecule has 2 atom stereocenters. The second kappa shape index (κ2) is 11.9. The van der Waals surface area contributed by atoms with Gasteiger partial charge in [-0.15, -0.1) is 5.10 Å². The van der Waals surface area contributed by atoms with Crippen LogP contribution in [0.2, 0.25) is 0 Å². The maximum absolute atomic E-state index is 11.8. The van der Waals surface area contributed by atoms with Gasteiger partial charge in [0.1, 0.15) is 12.6 Å². The molecule has 1 N–H and O–H groups in total. The molecule has 13 heteroatoms. The lowest BCUT2D eigenvalue weighted by atomic mass is 10.1. The molecule has 40 heavy (non-hydrogen) atoms. The van der Waals surface area contributed by atoms with Crippen molar-refractivity contribution in [2.45, 2.75) is 53.0 Å². The molecule has 0 radical (unpaired) electrons. The Balaban J connectivity index is 1.74. The van der Waals surface area contributed by atoms with E-state index in [-0.39, 0.29) is 18.8 Å². The molecule has 2 bridgehead atoms. The third-order valence-electron chi connectivity index (χ3n) is 6.74. The Morgan fingerprint density at radius 3 is 2.80 bits per heavy atom. The first-order valence-corrected chi connectivity index (χ1v) is 17.2. The number of likely N-dealkylation sites (N-methyl/N-ethyl adjacent to an activating group) is 1. The van der Waals surface area contributed by atoms with Gasteiger partial charge in [0.15, 0.2) is 0 Å². The fourth-order valence-corrected chi connectivity index (χ4v) is 6.46. The van der Waals surface area contributed by atoms with E-state index in [1.165, 1.54) is 4.68 Å². The standard InChI is InChI=1S/C27H33IN7O4P/c1-6-33-13-17(4)39-27-21(12-29-32(27)5)18-7-10-23-20(11-18)22(30-35(23)40-28)9-8-19-24(14-33)34(15-25(36)37)31-26(19)38-16(2)3/h7-12,16-17,40H,6,13-15H2,1-5H3,(H,36,37)/b9-8+. The lowest BCUT2D eigenvalue weighted by Gasteiger charge is -2.25. The van der Waals surface area contributed by atoms with Crippen LogP contribution < -0.4 is 9.47 Å². The van der Waals surface area contributed by atoms with Crippen molar-refractivity contribution in [3.63, 3.8) is 0 Å². The summed E-state index contributed by atoms with van der Waals surface area (Å²) in [6.07, 6.45) is 5.89. The van der Waals surface area contributed by atoms with E-state index in [0.717, 1.165) is 45.5 Å². The van der Waals surface area contributed by atoms with Gasteiger partial charge in [-0.1, -0.05) is 13.0 Å². The van der Waals surface area contributed by atoms with Gasteiger partial charge < -0.3 is 14.6 Å². The van der Waals surface area contributed by atoms with Crippen LogP contribution >= 0.6 is 28.4 Å². The van der Waals surface area contributed by atoms with Gasteiger partial charge in [-0.05, 0) is 79.2 Å². The molecule has 0 aliphatic carbocycles. The number of aromatic nitrogens is 6.